The number of carboxylic acid groups (broad SMARTS) is 1. The minimum atomic E-state index is -0.831. The van der Waals surface area contributed by atoms with Crippen LogP contribution in [0.15, 0.2) is 12.4 Å². The molecular formula is C13H21N5O3. The minimum absolute atomic E-state index is 0.0305. The Labute approximate surface area is 123 Å². The highest BCUT2D eigenvalue weighted by atomic mass is 16.4. The van der Waals surface area contributed by atoms with Crippen molar-refractivity contribution in [3.63, 3.8) is 0 Å². The van der Waals surface area contributed by atoms with E-state index in [0.29, 0.717) is 32.7 Å². The molecule has 2 amide bonds. The van der Waals surface area contributed by atoms with Gasteiger partial charge in [0.15, 0.2) is 0 Å². The van der Waals surface area contributed by atoms with Crippen LogP contribution in [-0.2, 0) is 18.4 Å². The van der Waals surface area contributed by atoms with Gasteiger partial charge in [0.05, 0.1) is 13.1 Å². The van der Waals surface area contributed by atoms with E-state index < -0.39 is 5.97 Å². The highest BCUT2D eigenvalue weighted by molar-refractivity contribution is 5.74. The predicted octanol–water partition coefficient (Wildman–Crippen LogP) is -0.278. The lowest BCUT2D eigenvalue weighted by Crippen LogP contribution is -2.42. The molecule has 0 bridgehead atoms. The first-order valence-corrected chi connectivity index (χ1v) is 6.99. The van der Waals surface area contributed by atoms with Gasteiger partial charge in [0, 0.05) is 45.6 Å². The third-order valence-corrected chi connectivity index (χ3v) is 3.55. The molecule has 2 N–H and O–H groups in total. The molecule has 1 fully saturated rings. The fourth-order valence-electron chi connectivity index (χ4n) is 2.36. The first kappa shape index (κ1) is 15.3. The van der Waals surface area contributed by atoms with Crippen molar-refractivity contribution in [3.05, 3.63) is 18.2 Å². The van der Waals surface area contributed by atoms with E-state index in [1.807, 2.05) is 22.7 Å². The Kier molecular flexibility index (Phi) is 5.15. The summed E-state index contributed by atoms with van der Waals surface area (Å²) >= 11 is 0. The SMILES string of the molecule is Cn1ccnc1CNC(=O)N1CCCN(CC(=O)O)CC1. The number of nitrogens with one attached hydrogen (secondary N) is 1. The summed E-state index contributed by atoms with van der Waals surface area (Å²) in [5.41, 5.74) is 0. The van der Waals surface area contributed by atoms with Crippen molar-refractivity contribution >= 4 is 12.0 Å². The van der Waals surface area contributed by atoms with Gasteiger partial charge in [0.25, 0.3) is 0 Å². The lowest BCUT2D eigenvalue weighted by molar-refractivity contribution is -0.138. The number of hydrogen-bond acceptors (Lipinski definition) is 4. The summed E-state index contributed by atoms with van der Waals surface area (Å²) in [7, 11) is 1.88. The van der Waals surface area contributed by atoms with Crippen molar-refractivity contribution in [2.75, 3.05) is 32.7 Å². The number of urea groups is 1. The van der Waals surface area contributed by atoms with E-state index >= 15 is 0 Å². The van der Waals surface area contributed by atoms with Crippen molar-refractivity contribution in [3.8, 4) is 0 Å². The standard InChI is InChI=1S/C13H21N5O3/c1-16-6-3-14-11(16)9-15-13(21)18-5-2-4-17(7-8-18)10-12(19)20/h3,6H,2,4-5,7-10H2,1H3,(H,15,21)(H,19,20). The molecule has 8 heteroatoms. The largest absolute Gasteiger partial charge is 0.480 e. The summed E-state index contributed by atoms with van der Waals surface area (Å²) in [6.45, 7) is 2.89. The van der Waals surface area contributed by atoms with Gasteiger partial charge < -0.3 is 19.9 Å². The first-order chi connectivity index (χ1) is 10.1. The smallest absolute Gasteiger partial charge is 0.317 e. The van der Waals surface area contributed by atoms with Gasteiger partial charge in [-0.25, -0.2) is 9.78 Å². The second-order valence-electron chi connectivity index (χ2n) is 5.12. The molecule has 21 heavy (non-hydrogen) atoms. The maximum Gasteiger partial charge on any atom is 0.317 e. The quantitative estimate of drug-likeness (QED) is 0.797. The number of imidazole rings is 1. The lowest BCUT2D eigenvalue weighted by Gasteiger charge is -2.21. The molecule has 8 nitrogen and oxygen atoms in total. The molecule has 2 rings (SSSR count). The van der Waals surface area contributed by atoms with Crippen LogP contribution >= 0.6 is 0 Å². The molecule has 1 aromatic rings. The van der Waals surface area contributed by atoms with E-state index in [-0.39, 0.29) is 12.6 Å². The molecule has 0 unspecified atom stereocenters. The van der Waals surface area contributed by atoms with Crippen LogP contribution in [0.4, 0.5) is 4.79 Å². The van der Waals surface area contributed by atoms with Crippen molar-refractivity contribution in [2.24, 2.45) is 7.05 Å². The number of hydrogen-bond donors (Lipinski definition) is 2. The van der Waals surface area contributed by atoms with Gasteiger partial charge in [-0.2, -0.15) is 0 Å². The van der Waals surface area contributed by atoms with E-state index in [4.69, 9.17) is 5.11 Å². The molecule has 0 atom stereocenters. The third-order valence-electron chi connectivity index (χ3n) is 3.55. The van der Waals surface area contributed by atoms with Crippen LogP contribution in [0.1, 0.15) is 12.2 Å². The average Bonchev–Trinajstić information content (AvgIpc) is 2.70. The number of carbonyl (C=O) groups excluding carboxylic acids is 1. The Balaban J connectivity index is 1.80. The number of aryl methyl sites for hydroxylation is 1. The molecule has 1 aromatic heterocycles. The van der Waals surface area contributed by atoms with Gasteiger partial charge in [-0.05, 0) is 6.42 Å². The van der Waals surface area contributed by atoms with Gasteiger partial charge in [0.2, 0.25) is 0 Å². The highest BCUT2D eigenvalue weighted by Gasteiger charge is 2.20. The minimum Gasteiger partial charge on any atom is -0.480 e. The monoisotopic (exact) mass is 295 g/mol. The van der Waals surface area contributed by atoms with Crippen LogP contribution < -0.4 is 5.32 Å². The summed E-state index contributed by atoms with van der Waals surface area (Å²) in [4.78, 5) is 30.6. The van der Waals surface area contributed by atoms with E-state index in [0.717, 1.165) is 12.2 Å². The normalized spacial score (nSPS) is 16.5. The maximum absolute atomic E-state index is 12.1. The maximum atomic E-state index is 12.1. The first-order valence-electron chi connectivity index (χ1n) is 6.99. The highest BCUT2D eigenvalue weighted by Crippen LogP contribution is 2.04. The van der Waals surface area contributed by atoms with Crippen LogP contribution in [0.5, 0.6) is 0 Å². The topological polar surface area (TPSA) is 90.7 Å². The number of carboxylic acids is 1. The molecule has 0 spiro atoms. The summed E-state index contributed by atoms with van der Waals surface area (Å²) in [5.74, 6) is -0.0339. The fraction of sp³-hybridized carbons (Fsp3) is 0.615. The molecule has 0 aromatic carbocycles. The third kappa shape index (κ3) is 4.45. The molecule has 0 radical (unpaired) electrons. The van der Waals surface area contributed by atoms with Gasteiger partial charge in [-0.3, -0.25) is 9.69 Å². The van der Waals surface area contributed by atoms with Gasteiger partial charge in [0.1, 0.15) is 5.82 Å². The van der Waals surface area contributed by atoms with Crippen molar-refractivity contribution < 1.29 is 14.7 Å². The van der Waals surface area contributed by atoms with Crippen molar-refractivity contribution in [2.45, 2.75) is 13.0 Å². The lowest BCUT2D eigenvalue weighted by atomic mass is 10.4. The second-order valence-corrected chi connectivity index (χ2v) is 5.12. The van der Waals surface area contributed by atoms with Crippen LogP contribution in [0.2, 0.25) is 0 Å². The number of aliphatic carboxylic acids is 1. The molecule has 1 aliphatic heterocycles. The summed E-state index contributed by atoms with van der Waals surface area (Å²) < 4.78 is 1.86. The number of amides is 2. The summed E-state index contributed by atoms with van der Waals surface area (Å²) in [6.07, 6.45) is 4.30. The Hall–Kier alpha value is -2.09. The molecule has 0 aliphatic carbocycles. The van der Waals surface area contributed by atoms with Crippen molar-refractivity contribution in [1.82, 2.24) is 24.7 Å². The number of aromatic nitrogens is 2. The molecule has 2 heterocycles. The van der Waals surface area contributed by atoms with Crippen LogP contribution in [0.3, 0.4) is 0 Å². The Bertz CT molecular complexity index is 502. The summed E-state index contributed by atoms with van der Waals surface area (Å²) in [6, 6.07) is -0.129. The Morgan fingerprint density at radius 1 is 1.33 bits per heavy atom. The number of carbonyl (C=O) groups is 2. The zero-order valence-electron chi connectivity index (χ0n) is 12.2. The average molecular weight is 295 g/mol. The van der Waals surface area contributed by atoms with Crippen LogP contribution in [0.25, 0.3) is 0 Å². The predicted molar refractivity (Wildman–Crippen MR) is 75.7 cm³/mol. The molecule has 116 valence electrons. The van der Waals surface area contributed by atoms with Gasteiger partial charge in [-0.15, -0.1) is 0 Å². The van der Waals surface area contributed by atoms with E-state index in [1.165, 1.54) is 0 Å². The van der Waals surface area contributed by atoms with E-state index in [9.17, 15) is 9.59 Å². The van der Waals surface area contributed by atoms with Crippen LogP contribution in [0, 0.1) is 0 Å². The zero-order chi connectivity index (χ0) is 15.2. The van der Waals surface area contributed by atoms with Crippen LogP contribution in [-0.4, -0.2) is 69.2 Å². The Morgan fingerprint density at radius 2 is 2.14 bits per heavy atom. The Morgan fingerprint density at radius 3 is 2.81 bits per heavy atom. The number of rotatable bonds is 4. The molecule has 1 aliphatic rings. The van der Waals surface area contributed by atoms with Crippen molar-refractivity contribution in [1.29, 1.82) is 0 Å². The molecule has 0 saturated carbocycles. The number of nitrogens with zero attached hydrogens (tertiary/aromatic N) is 4. The molecule has 1 saturated heterocycles. The van der Waals surface area contributed by atoms with Gasteiger partial charge >= 0.3 is 12.0 Å². The zero-order valence-corrected chi connectivity index (χ0v) is 12.2. The van der Waals surface area contributed by atoms with E-state index in [1.54, 1.807) is 11.1 Å². The second kappa shape index (κ2) is 7.07. The van der Waals surface area contributed by atoms with E-state index in [2.05, 4.69) is 10.3 Å². The fourth-order valence-corrected chi connectivity index (χ4v) is 2.36. The van der Waals surface area contributed by atoms with Gasteiger partial charge in [-0.1, -0.05) is 0 Å². The molecular weight excluding hydrogens is 274 g/mol. The summed E-state index contributed by atoms with van der Waals surface area (Å²) in [5, 5.41) is 11.7.